The molecule has 1 atom stereocenters. The number of ether oxygens (including phenoxy) is 2. The van der Waals surface area contributed by atoms with Crippen LogP contribution in [0.1, 0.15) is 33.6 Å². The molecule has 1 unspecified atom stereocenters. The molecule has 1 aromatic carbocycles. The van der Waals surface area contributed by atoms with Crippen LogP contribution >= 0.6 is 0 Å². The molecule has 17 heavy (non-hydrogen) atoms. The van der Waals surface area contributed by atoms with Gasteiger partial charge in [0, 0.05) is 6.07 Å². The van der Waals surface area contributed by atoms with Crippen molar-refractivity contribution in [2.75, 3.05) is 18.9 Å². The molecule has 1 aromatic rings. The van der Waals surface area contributed by atoms with E-state index in [9.17, 15) is 0 Å². The second-order valence-corrected chi connectivity index (χ2v) is 4.34. The maximum absolute atomic E-state index is 5.80. The third-order valence-corrected chi connectivity index (χ3v) is 2.60. The lowest BCUT2D eigenvalue weighted by Gasteiger charge is -2.14. The van der Waals surface area contributed by atoms with Gasteiger partial charge in [-0.25, -0.2) is 0 Å². The lowest BCUT2D eigenvalue weighted by molar-refractivity contribution is 0.249. The summed E-state index contributed by atoms with van der Waals surface area (Å²) in [7, 11) is 0. The van der Waals surface area contributed by atoms with Crippen LogP contribution in [0.25, 0.3) is 0 Å². The molecule has 0 aliphatic heterocycles. The molecule has 3 nitrogen and oxygen atoms in total. The molecule has 0 aromatic heterocycles. The van der Waals surface area contributed by atoms with E-state index in [-0.39, 0.29) is 0 Å². The minimum Gasteiger partial charge on any atom is -0.493 e. The first-order valence-corrected chi connectivity index (χ1v) is 6.32. The molecule has 0 saturated heterocycles. The van der Waals surface area contributed by atoms with Crippen molar-refractivity contribution in [2.45, 2.75) is 33.6 Å². The first-order chi connectivity index (χ1) is 8.17. The van der Waals surface area contributed by atoms with Gasteiger partial charge in [0.1, 0.15) is 11.5 Å². The molecule has 0 bridgehead atoms. The van der Waals surface area contributed by atoms with Crippen LogP contribution in [0, 0.1) is 5.92 Å². The molecular formula is C14H23NO2. The summed E-state index contributed by atoms with van der Waals surface area (Å²) in [5.41, 5.74) is 6.45. The van der Waals surface area contributed by atoms with Gasteiger partial charge in [-0.2, -0.15) is 0 Å². The predicted octanol–water partition coefficient (Wildman–Crippen LogP) is 3.48. The van der Waals surface area contributed by atoms with E-state index in [4.69, 9.17) is 15.2 Å². The molecule has 96 valence electrons. The maximum Gasteiger partial charge on any atom is 0.145 e. The summed E-state index contributed by atoms with van der Waals surface area (Å²) in [6.07, 6.45) is 2.38. The zero-order valence-corrected chi connectivity index (χ0v) is 11.0. The molecule has 0 aliphatic rings. The Balaban J connectivity index is 2.56. The highest BCUT2D eigenvalue weighted by Gasteiger charge is 2.05. The van der Waals surface area contributed by atoms with Crippen molar-refractivity contribution >= 4 is 5.69 Å². The fourth-order valence-corrected chi connectivity index (χ4v) is 1.70. The standard InChI is InChI=1S/C14H23NO2/c1-4-6-11(3)10-17-12-7-8-13(15)14(9-12)16-5-2/h7-9,11H,4-6,10,15H2,1-3H3. The van der Waals surface area contributed by atoms with Crippen molar-refractivity contribution in [1.29, 1.82) is 0 Å². The van der Waals surface area contributed by atoms with Gasteiger partial charge >= 0.3 is 0 Å². The van der Waals surface area contributed by atoms with Crippen LogP contribution in [0.15, 0.2) is 18.2 Å². The monoisotopic (exact) mass is 237 g/mol. The molecule has 0 amide bonds. The zero-order valence-electron chi connectivity index (χ0n) is 11.0. The summed E-state index contributed by atoms with van der Waals surface area (Å²) in [5.74, 6) is 2.10. The summed E-state index contributed by atoms with van der Waals surface area (Å²) in [6.45, 7) is 7.68. The minimum absolute atomic E-state index is 0.577. The van der Waals surface area contributed by atoms with Crippen molar-refractivity contribution < 1.29 is 9.47 Å². The summed E-state index contributed by atoms with van der Waals surface area (Å²) in [5, 5.41) is 0. The van der Waals surface area contributed by atoms with E-state index in [0.29, 0.717) is 24.0 Å². The second-order valence-electron chi connectivity index (χ2n) is 4.34. The Morgan fingerprint density at radius 2 is 2.00 bits per heavy atom. The van der Waals surface area contributed by atoms with Gasteiger partial charge in [0.15, 0.2) is 0 Å². The van der Waals surface area contributed by atoms with Crippen molar-refractivity contribution in [3.63, 3.8) is 0 Å². The van der Waals surface area contributed by atoms with E-state index in [2.05, 4.69) is 13.8 Å². The Morgan fingerprint density at radius 1 is 1.24 bits per heavy atom. The van der Waals surface area contributed by atoms with Gasteiger partial charge in [0.25, 0.3) is 0 Å². The molecule has 0 radical (unpaired) electrons. The number of nitrogen functional groups attached to an aromatic ring is 1. The van der Waals surface area contributed by atoms with Crippen LogP contribution in [0.2, 0.25) is 0 Å². The molecule has 1 rings (SSSR count). The van der Waals surface area contributed by atoms with Crippen molar-refractivity contribution in [2.24, 2.45) is 5.92 Å². The van der Waals surface area contributed by atoms with Gasteiger partial charge in [0.05, 0.1) is 18.9 Å². The Morgan fingerprint density at radius 3 is 2.65 bits per heavy atom. The number of anilines is 1. The first-order valence-electron chi connectivity index (χ1n) is 6.32. The Labute approximate surface area is 104 Å². The topological polar surface area (TPSA) is 44.5 Å². The molecule has 0 aliphatic carbocycles. The first kappa shape index (κ1) is 13.7. The van der Waals surface area contributed by atoms with E-state index in [1.807, 2.05) is 25.1 Å². The average molecular weight is 237 g/mol. The Hall–Kier alpha value is -1.38. The van der Waals surface area contributed by atoms with Gasteiger partial charge in [-0.15, -0.1) is 0 Å². The normalized spacial score (nSPS) is 12.2. The quantitative estimate of drug-likeness (QED) is 0.738. The molecular weight excluding hydrogens is 214 g/mol. The van der Waals surface area contributed by atoms with Crippen LogP contribution in [0.4, 0.5) is 5.69 Å². The predicted molar refractivity (Wildman–Crippen MR) is 71.6 cm³/mol. The number of nitrogens with two attached hydrogens (primary N) is 1. The number of hydrogen-bond donors (Lipinski definition) is 1. The van der Waals surface area contributed by atoms with Crippen LogP contribution in [0.5, 0.6) is 11.5 Å². The number of hydrogen-bond acceptors (Lipinski definition) is 3. The van der Waals surface area contributed by atoms with Crippen molar-refractivity contribution in [1.82, 2.24) is 0 Å². The third kappa shape index (κ3) is 4.55. The summed E-state index contributed by atoms with van der Waals surface area (Å²) < 4.78 is 11.2. The number of benzene rings is 1. The minimum atomic E-state index is 0.577. The molecule has 0 spiro atoms. The Bertz CT molecular complexity index is 339. The van der Waals surface area contributed by atoms with Crippen molar-refractivity contribution in [3.8, 4) is 11.5 Å². The van der Waals surface area contributed by atoms with Crippen LogP contribution in [-0.4, -0.2) is 13.2 Å². The van der Waals surface area contributed by atoms with Gasteiger partial charge in [-0.1, -0.05) is 20.3 Å². The highest BCUT2D eigenvalue weighted by Crippen LogP contribution is 2.27. The smallest absolute Gasteiger partial charge is 0.145 e. The fourth-order valence-electron chi connectivity index (χ4n) is 1.70. The summed E-state index contributed by atoms with van der Waals surface area (Å²) >= 11 is 0. The van der Waals surface area contributed by atoms with Gasteiger partial charge in [-0.3, -0.25) is 0 Å². The van der Waals surface area contributed by atoms with Gasteiger partial charge < -0.3 is 15.2 Å². The second kappa shape index (κ2) is 7.05. The maximum atomic E-state index is 5.80. The largest absolute Gasteiger partial charge is 0.493 e. The fraction of sp³-hybridized carbons (Fsp3) is 0.571. The summed E-state index contributed by atoms with van der Waals surface area (Å²) in [6, 6.07) is 5.57. The highest BCUT2D eigenvalue weighted by molar-refractivity contribution is 5.55. The summed E-state index contributed by atoms with van der Waals surface area (Å²) in [4.78, 5) is 0. The van der Waals surface area contributed by atoms with E-state index in [0.717, 1.165) is 12.4 Å². The molecule has 0 fully saturated rings. The van der Waals surface area contributed by atoms with E-state index in [1.54, 1.807) is 0 Å². The SMILES string of the molecule is CCCC(C)COc1ccc(N)c(OCC)c1. The lowest BCUT2D eigenvalue weighted by Crippen LogP contribution is -2.08. The van der Waals surface area contributed by atoms with E-state index in [1.165, 1.54) is 12.8 Å². The third-order valence-electron chi connectivity index (χ3n) is 2.60. The van der Waals surface area contributed by atoms with Gasteiger partial charge in [-0.05, 0) is 31.4 Å². The van der Waals surface area contributed by atoms with Crippen LogP contribution in [0.3, 0.4) is 0 Å². The average Bonchev–Trinajstić information content (AvgIpc) is 2.31. The molecule has 2 N–H and O–H groups in total. The molecule has 0 heterocycles. The van der Waals surface area contributed by atoms with Gasteiger partial charge in [0.2, 0.25) is 0 Å². The Kier molecular flexibility index (Phi) is 5.67. The van der Waals surface area contributed by atoms with E-state index < -0.39 is 0 Å². The van der Waals surface area contributed by atoms with Crippen molar-refractivity contribution in [3.05, 3.63) is 18.2 Å². The molecule has 3 heteroatoms. The highest BCUT2D eigenvalue weighted by atomic mass is 16.5. The number of rotatable bonds is 7. The zero-order chi connectivity index (χ0) is 12.7. The van der Waals surface area contributed by atoms with Crippen LogP contribution < -0.4 is 15.2 Å². The van der Waals surface area contributed by atoms with E-state index >= 15 is 0 Å². The lowest BCUT2D eigenvalue weighted by atomic mass is 10.1. The van der Waals surface area contributed by atoms with Crippen LogP contribution in [-0.2, 0) is 0 Å². The molecule has 0 saturated carbocycles.